The van der Waals surface area contributed by atoms with Crippen LogP contribution in [0.2, 0.25) is 0 Å². The first-order valence-electron chi connectivity index (χ1n) is 4.62. The van der Waals surface area contributed by atoms with Gasteiger partial charge in [-0.25, -0.2) is 13.8 Å². The van der Waals surface area contributed by atoms with Gasteiger partial charge in [0, 0.05) is 0 Å². The maximum Gasteiger partial charge on any atom is 0.374 e. The summed E-state index contributed by atoms with van der Waals surface area (Å²) < 4.78 is 19.4. The second kappa shape index (κ2) is 4.20. The zero-order valence-corrected chi connectivity index (χ0v) is 8.79. The molecule has 0 fully saturated rings. The molecule has 0 saturated carbocycles. The number of para-hydroxylation sites is 1. The summed E-state index contributed by atoms with van der Waals surface area (Å²) in [4.78, 5) is 10.9. The Balaban J connectivity index is 2.69. The number of carbonyl (C=O) groups is 1. The van der Waals surface area contributed by atoms with E-state index in [1.807, 2.05) is 0 Å². The van der Waals surface area contributed by atoms with E-state index in [9.17, 15) is 9.18 Å². The van der Waals surface area contributed by atoms with Crippen LogP contribution >= 0.6 is 0 Å². The molecule has 0 unspecified atom stereocenters. The smallest absolute Gasteiger partial charge is 0.374 e. The SMILES string of the molecule is COc1nnc(C(=O)O)n1-c1ccccc1F. The lowest BCUT2D eigenvalue weighted by atomic mass is 10.3. The second-order valence-corrected chi connectivity index (χ2v) is 3.10. The first-order valence-corrected chi connectivity index (χ1v) is 4.62. The molecule has 0 bridgehead atoms. The molecule has 1 aromatic heterocycles. The summed E-state index contributed by atoms with van der Waals surface area (Å²) in [5, 5.41) is 15.9. The van der Waals surface area contributed by atoms with Gasteiger partial charge in [0.05, 0.1) is 12.8 Å². The highest BCUT2D eigenvalue weighted by Gasteiger charge is 2.21. The fourth-order valence-electron chi connectivity index (χ4n) is 1.39. The van der Waals surface area contributed by atoms with E-state index >= 15 is 0 Å². The Hall–Kier alpha value is -2.44. The van der Waals surface area contributed by atoms with Crippen LogP contribution in [0.3, 0.4) is 0 Å². The average molecular weight is 237 g/mol. The van der Waals surface area contributed by atoms with Gasteiger partial charge < -0.3 is 9.84 Å². The van der Waals surface area contributed by atoms with E-state index in [0.29, 0.717) is 0 Å². The number of hydrogen-bond donors (Lipinski definition) is 1. The molecular formula is C10H8FN3O3. The van der Waals surface area contributed by atoms with Gasteiger partial charge in [-0.2, -0.15) is 0 Å². The van der Waals surface area contributed by atoms with E-state index in [4.69, 9.17) is 9.84 Å². The van der Waals surface area contributed by atoms with E-state index in [2.05, 4.69) is 10.2 Å². The molecule has 0 atom stereocenters. The monoisotopic (exact) mass is 237 g/mol. The van der Waals surface area contributed by atoms with E-state index in [1.165, 1.54) is 25.3 Å². The van der Waals surface area contributed by atoms with Gasteiger partial charge in [-0.15, -0.1) is 5.10 Å². The second-order valence-electron chi connectivity index (χ2n) is 3.10. The standard InChI is InChI=1S/C10H8FN3O3/c1-17-10-13-12-8(9(15)16)14(10)7-5-3-2-4-6(7)11/h2-5H,1H3,(H,15,16). The molecule has 2 rings (SSSR count). The number of carboxylic acids is 1. The molecule has 0 aliphatic heterocycles. The molecule has 6 nitrogen and oxygen atoms in total. The number of rotatable bonds is 3. The molecule has 17 heavy (non-hydrogen) atoms. The summed E-state index contributed by atoms with van der Waals surface area (Å²) in [6.07, 6.45) is 0. The highest BCUT2D eigenvalue weighted by molar-refractivity contribution is 5.84. The van der Waals surface area contributed by atoms with Crippen LogP contribution in [-0.2, 0) is 0 Å². The van der Waals surface area contributed by atoms with E-state index in [0.717, 1.165) is 4.57 Å². The summed E-state index contributed by atoms with van der Waals surface area (Å²) in [7, 11) is 1.30. The number of halogens is 1. The molecule has 0 radical (unpaired) electrons. The molecule has 88 valence electrons. The summed E-state index contributed by atoms with van der Waals surface area (Å²) in [6.45, 7) is 0. The van der Waals surface area contributed by atoms with Crippen LogP contribution in [0.25, 0.3) is 5.69 Å². The Morgan fingerprint density at radius 2 is 2.12 bits per heavy atom. The first kappa shape index (κ1) is 11.1. The molecule has 2 aromatic rings. The maximum absolute atomic E-state index is 13.6. The summed E-state index contributed by atoms with van der Waals surface area (Å²) in [5.41, 5.74) is 0.0201. The molecule has 1 aromatic carbocycles. The Morgan fingerprint density at radius 1 is 1.41 bits per heavy atom. The number of aromatic nitrogens is 3. The molecule has 1 N–H and O–H groups in total. The number of nitrogens with zero attached hydrogens (tertiary/aromatic N) is 3. The Morgan fingerprint density at radius 3 is 2.71 bits per heavy atom. The van der Waals surface area contributed by atoms with Crippen molar-refractivity contribution in [3.05, 3.63) is 35.9 Å². The van der Waals surface area contributed by atoms with Crippen LogP contribution in [0.15, 0.2) is 24.3 Å². The Bertz CT molecular complexity index is 568. The predicted octanol–water partition coefficient (Wildman–Crippen LogP) is 1.11. The third-order valence-electron chi connectivity index (χ3n) is 2.10. The summed E-state index contributed by atoms with van der Waals surface area (Å²) >= 11 is 0. The lowest BCUT2D eigenvalue weighted by Crippen LogP contribution is -2.10. The highest BCUT2D eigenvalue weighted by Crippen LogP contribution is 2.20. The van der Waals surface area contributed by atoms with Crippen molar-refractivity contribution in [2.75, 3.05) is 7.11 Å². The van der Waals surface area contributed by atoms with Gasteiger partial charge in [0.15, 0.2) is 0 Å². The van der Waals surface area contributed by atoms with Crippen molar-refractivity contribution in [1.29, 1.82) is 0 Å². The average Bonchev–Trinajstić information content (AvgIpc) is 2.73. The number of ether oxygens (including phenoxy) is 1. The van der Waals surface area contributed by atoms with E-state index in [-0.39, 0.29) is 11.7 Å². The van der Waals surface area contributed by atoms with Gasteiger partial charge in [0.2, 0.25) is 5.82 Å². The van der Waals surface area contributed by atoms with Crippen molar-refractivity contribution in [3.8, 4) is 11.7 Å². The number of aromatic carboxylic acids is 1. The Labute approximate surface area is 95.3 Å². The maximum atomic E-state index is 13.6. The summed E-state index contributed by atoms with van der Waals surface area (Å²) in [5.74, 6) is -2.32. The van der Waals surface area contributed by atoms with Gasteiger partial charge >= 0.3 is 12.0 Å². The third-order valence-corrected chi connectivity index (χ3v) is 2.10. The molecule has 0 saturated heterocycles. The van der Waals surface area contributed by atoms with Crippen molar-refractivity contribution >= 4 is 5.97 Å². The van der Waals surface area contributed by atoms with Gasteiger partial charge in [0.1, 0.15) is 5.82 Å². The van der Waals surface area contributed by atoms with Gasteiger partial charge in [-0.3, -0.25) is 0 Å². The zero-order valence-electron chi connectivity index (χ0n) is 8.79. The first-order chi connectivity index (χ1) is 8.15. The van der Waals surface area contributed by atoms with Crippen LogP contribution in [0.4, 0.5) is 4.39 Å². The molecule has 1 heterocycles. The quantitative estimate of drug-likeness (QED) is 0.865. The highest BCUT2D eigenvalue weighted by atomic mass is 19.1. The minimum atomic E-state index is -1.32. The lowest BCUT2D eigenvalue weighted by Gasteiger charge is -2.07. The predicted molar refractivity (Wildman–Crippen MR) is 54.8 cm³/mol. The summed E-state index contributed by atoms with van der Waals surface area (Å²) in [6, 6.07) is 5.60. The van der Waals surface area contributed by atoms with Gasteiger partial charge in [0.25, 0.3) is 0 Å². The molecule has 0 aliphatic rings. The minimum Gasteiger partial charge on any atom is -0.475 e. The molecular weight excluding hydrogens is 229 g/mol. The van der Waals surface area contributed by atoms with E-state index < -0.39 is 17.6 Å². The number of hydrogen-bond acceptors (Lipinski definition) is 4. The third kappa shape index (κ3) is 1.82. The van der Waals surface area contributed by atoms with Crippen LogP contribution in [0, 0.1) is 5.82 Å². The topological polar surface area (TPSA) is 77.2 Å². The van der Waals surface area contributed by atoms with Crippen molar-refractivity contribution in [3.63, 3.8) is 0 Å². The Kier molecular flexibility index (Phi) is 2.73. The van der Waals surface area contributed by atoms with Crippen LogP contribution in [0.1, 0.15) is 10.6 Å². The fourth-order valence-corrected chi connectivity index (χ4v) is 1.39. The zero-order chi connectivity index (χ0) is 12.4. The van der Waals surface area contributed by atoms with Crippen molar-refractivity contribution in [2.45, 2.75) is 0 Å². The van der Waals surface area contributed by atoms with Crippen LogP contribution in [0.5, 0.6) is 6.01 Å². The van der Waals surface area contributed by atoms with Crippen LogP contribution in [-0.4, -0.2) is 33.0 Å². The number of carboxylic acid groups (broad SMARTS) is 1. The van der Waals surface area contributed by atoms with Crippen LogP contribution < -0.4 is 4.74 Å². The van der Waals surface area contributed by atoms with Crippen molar-refractivity contribution < 1.29 is 19.0 Å². The van der Waals surface area contributed by atoms with Gasteiger partial charge in [-0.05, 0) is 12.1 Å². The lowest BCUT2D eigenvalue weighted by molar-refractivity contribution is 0.0680. The minimum absolute atomic E-state index is 0.0201. The molecule has 0 amide bonds. The normalized spacial score (nSPS) is 10.2. The number of benzene rings is 1. The largest absolute Gasteiger partial charge is 0.475 e. The number of methoxy groups -OCH3 is 1. The molecule has 7 heteroatoms. The fraction of sp³-hybridized carbons (Fsp3) is 0.100. The molecule has 0 spiro atoms. The van der Waals surface area contributed by atoms with Crippen molar-refractivity contribution in [1.82, 2.24) is 14.8 Å². The van der Waals surface area contributed by atoms with E-state index in [1.54, 1.807) is 6.07 Å². The molecule has 0 aliphatic carbocycles. The van der Waals surface area contributed by atoms with Gasteiger partial charge in [-0.1, -0.05) is 17.2 Å². The van der Waals surface area contributed by atoms with Crippen molar-refractivity contribution in [2.24, 2.45) is 0 Å².